The molecule has 5 nitrogen and oxygen atoms in total. The molecule has 0 spiro atoms. The molecule has 3 rings (SSSR count). The Hall–Kier alpha value is -2.40. The number of H-pyrrole nitrogens is 1. The Morgan fingerprint density at radius 3 is 2.89 bits per heavy atom. The number of carboxylic acids is 1. The van der Waals surface area contributed by atoms with Crippen LogP contribution in [0.15, 0.2) is 36.7 Å². The summed E-state index contributed by atoms with van der Waals surface area (Å²) in [5.41, 5.74) is 8.08. The summed E-state index contributed by atoms with van der Waals surface area (Å²) < 4.78 is 0. The predicted octanol–water partition coefficient (Wildman–Crippen LogP) is 1.80. The number of aromatic nitrogens is 2. The lowest BCUT2D eigenvalue weighted by Gasteiger charge is -2.06. The highest BCUT2D eigenvalue weighted by atomic mass is 16.4. The molecule has 0 saturated heterocycles. The Balaban J connectivity index is 2.27. The van der Waals surface area contributed by atoms with Gasteiger partial charge in [-0.25, -0.2) is 0 Å². The maximum absolute atomic E-state index is 10.9. The Kier molecular flexibility index (Phi) is 2.28. The fraction of sp³-hybridized carbons (Fsp3) is 0.0769. The lowest BCUT2D eigenvalue weighted by molar-refractivity contribution is -0.138. The zero-order valence-corrected chi connectivity index (χ0v) is 9.42. The number of nitrogens with one attached hydrogen (secondary N) is 1. The minimum atomic E-state index is -1.03. The number of hydrogen-bond donors (Lipinski definition) is 3. The molecule has 2 aromatic heterocycles. The van der Waals surface area contributed by atoms with Crippen molar-refractivity contribution in [2.75, 3.05) is 0 Å². The maximum atomic E-state index is 10.9. The first-order chi connectivity index (χ1) is 8.66. The summed E-state index contributed by atoms with van der Waals surface area (Å²) in [7, 11) is 0. The highest BCUT2D eigenvalue weighted by molar-refractivity contribution is 6.07. The summed E-state index contributed by atoms with van der Waals surface area (Å²) >= 11 is 0. The molecule has 1 unspecified atom stereocenters. The molecule has 3 aromatic rings. The summed E-state index contributed by atoms with van der Waals surface area (Å²) in [5.74, 6) is -1.03. The Morgan fingerprint density at radius 1 is 1.28 bits per heavy atom. The normalized spacial score (nSPS) is 12.9. The van der Waals surface area contributed by atoms with Gasteiger partial charge in [-0.1, -0.05) is 6.07 Å². The Labute approximate surface area is 102 Å². The largest absolute Gasteiger partial charge is 0.480 e. The van der Waals surface area contributed by atoms with Crippen molar-refractivity contribution < 1.29 is 9.90 Å². The lowest BCUT2D eigenvalue weighted by Crippen LogP contribution is -2.20. The van der Waals surface area contributed by atoms with Crippen LogP contribution in [0.2, 0.25) is 0 Å². The van der Waals surface area contributed by atoms with Crippen LogP contribution >= 0.6 is 0 Å². The maximum Gasteiger partial charge on any atom is 0.325 e. The minimum Gasteiger partial charge on any atom is -0.480 e. The van der Waals surface area contributed by atoms with E-state index >= 15 is 0 Å². The van der Waals surface area contributed by atoms with Gasteiger partial charge < -0.3 is 15.8 Å². The Bertz CT molecular complexity index is 748. The number of hydrogen-bond acceptors (Lipinski definition) is 3. The standard InChI is InChI=1S/C13H11N3O2/c14-12(13(17)18)7-1-2-10-9(5-7)8-3-4-15-6-11(8)16-10/h1-6,12,16H,14H2,(H,17,18). The SMILES string of the molecule is NC(C(=O)O)c1ccc2[nH]c3cnccc3c2c1. The van der Waals surface area contributed by atoms with Gasteiger partial charge in [-0.05, 0) is 23.8 Å². The van der Waals surface area contributed by atoms with Crippen molar-refractivity contribution in [1.82, 2.24) is 9.97 Å². The molecule has 18 heavy (non-hydrogen) atoms. The van der Waals surface area contributed by atoms with Crippen LogP contribution in [0.5, 0.6) is 0 Å². The van der Waals surface area contributed by atoms with Crippen molar-refractivity contribution in [3.05, 3.63) is 42.2 Å². The summed E-state index contributed by atoms with van der Waals surface area (Å²) in [4.78, 5) is 18.2. The van der Waals surface area contributed by atoms with Crippen LogP contribution < -0.4 is 5.73 Å². The van der Waals surface area contributed by atoms with E-state index in [-0.39, 0.29) is 0 Å². The molecule has 5 heteroatoms. The van der Waals surface area contributed by atoms with Crippen LogP contribution in [-0.2, 0) is 4.79 Å². The van der Waals surface area contributed by atoms with Gasteiger partial charge in [0.15, 0.2) is 0 Å². The number of pyridine rings is 1. The van der Waals surface area contributed by atoms with Gasteiger partial charge in [-0.15, -0.1) is 0 Å². The fourth-order valence-electron chi connectivity index (χ4n) is 2.10. The topological polar surface area (TPSA) is 92.0 Å². The van der Waals surface area contributed by atoms with Crippen LogP contribution in [0.1, 0.15) is 11.6 Å². The van der Waals surface area contributed by atoms with Crippen LogP contribution in [0.25, 0.3) is 21.8 Å². The number of aromatic amines is 1. The molecule has 1 atom stereocenters. The Morgan fingerprint density at radius 2 is 2.11 bits per heavy atom. The quantitative estimate of drug-likeness (QED) is 0.637. The first-order valence-corrected chi connectivity index (χ1v) is 5.50. The number of fused-ring (bicyclic) bond motifs is 3. The third-order valence-corrected chi connectivity index (χ3v) is 3.05. The second-order valence-electron chi connectivity index (χ2n) is 4.17. The molecular weight excluding hydrogens is 230 g/mol. The van der Waals surface area contributed by atoms with Gasteiger partial charge in [0, 0.05) is 22.5 Å². The van der Waals surface area contributed by atoms with Gasteiger partial charge in [0.1, 0.15) is 6.04 Å². The van der Waals surface area contributed by atoms with Crippen molar-refractivity contribution in [2.45, 2.75) is 6.04 Å². The number of carbonyl (C=O) groups is 1. The molecule has 0 radical (unpaired) electrons. The van der Waals surface area contributed by atoms with Crippen LogP contribution in [-0.4, -0.2) is 21.0 Å². The van der Waals surface area contributed by atoms with E-state index in [9.17, 15) is 4.79 Å². The summed E-state index contributed by atoms with van der Waals surface area (Å²) in [5, 5.41) is 10.9. The molecule has 4 N–H and O–H groups in total. The third kappa shape index (κ3) is 1.53. The smallest absolute Gasteiger partial charge is 0.325 e. The number of benzene rings is 1. The number of nitrogens with zero attached hydrogens (tertiary/aromatic N) is 1. The summed E-state index contributed by atoms with van der Waals surface area (Å²) in [6.07, 6.45) is 3.45. The van der Waals surface area contributed by atoms with E-state index < -0.39 is 12.0 Å². The molecule has 2 heterocycles. The molecule has 0 fully saturated rings. The minimum absolute atomic E-state index is 0.590. The monoisotopic (exact) mass is 241 g/mol. The molecule has 90 valence electrons. The van der Waals surface area contributed by atoms with Gasteiger partial charge in [0.2, 0.25) is 0 Å². The summed E-state index contributed by atoms with van der Waals surface area (Å²) in [6.45, 7) is 0. The number of aliphatic carboxylic acids is 1. The van der Waals surface area contributed by atoms with Gasteiger partial charge in [-0.3, -0.25) is 9.78 Å². The van der Waals surface area contributed by atoms with Crippen molar-refractivity contribution in [3.8, 4) is 0 Å². The van der Waals surface area contributed by atoms with Crippen molar-refractivity contribution >= 4 is 27.8 Å². The average Bonchev–Trinajstić information content (AvgIpc) is 2.75. The molecule has 0 amide bonds. The van der Waals surface area contributed by atoms with E-state index in [2.05, 4.69) is 9.97 Å². The zero-order valence-electron chi connectivity index (χ0n) is 9.42. The number of rotatable bonds is 2. The van der Waals surface area contributed by atoms with Crippen molar-refractivity contribution in [2.24, 2.45) is 5.73 Å². The van der Waals surface area contributed by atoms with E-state index in [1.54, 1.807) is 18.5 Å². The van der Waals surface area contributed by atoms with Crippen LogP contribution in [0.4, 0.5) is 0 Å². The number of carboxylic acid groups (broad SMARTS) is 1. The first-order valence-electron chi connectivity index (χ1n) is 5.50. The highest BCUT2D eigenvalue weighted by Crippen LogP contribution is 2.26. The zero-order chi connectivity index (χ0) is 12.7. The fourth-order valence-corrected chi connectivity index (χ4v) is 2.10. The van der Waals surface area contributed by atoms with E-state index in [1.807, 2.05) is 18.2 Å². The first kappa shape index (κ1) is 10.7. The van der Waals surface area contributed by atoms with E-state index in [1.165, 1.54) is 0 Å². The van der Waals surface area contributed by atoms with Gasteiger partial charge >= 0.3 is 5.97 Å². The van der Waals surface area contributed by atoms with Gasteiger partial charge in [0.05, 0.1) is 11.7 Å². The molecule has 0 aliphatic rings. The van der Waals surface area contributed by atoms with Crippen LogP contribution in [0.3, 0.4) is 0 Å². The summed E-state index contributed by atoms with van der Waals surface area (Å²) in [6, 6.07) is 6.27. The van der Waals surface area contributed by atoms with E-state index in [0.717, 1.165) is 21.8 Å². The van der Waals surface area contributed by atoms with Crippen molar-refractivity contribution in [3.63, 3.8) is 0 Å². The van der Waals surface area contributed by atoms with Crippen molar-refractivity contribution in [1.29, 1.82) is 0 Å². The second kappa shape index (κ2) is 3.82. The molecule has 0 aliphatic heterocycles. The highest BCUT2D eigenvalue weighted by Gasteiger charge is 2.15. The van der Waals surface area contributed by atoms with Crippen LogP contribution in [0, 0.1) is 0 Å². The lowest BCUT2D eigenvalue weighted by atomic mass is 10.0. The third-order valence-electron chi connectivity index (χ3n) is 3.05. The van der Waals surface area contributed by atoms with Gasteiger partial charge in [-0.2, -0.15) is 0 Å². The molecular formula is C13H11N3O2. The molecule has 0 bridgehead atoms. The van der Waals surface area contributed by atoms with E-state index in [0.29, 0.717) is 5.56 Å². The molecule has 1 aromatic carbocycles. The predicted molar refractivity (Wildman–Crippen MR) is 68.2 cm³/mol. The average molecular weight is 241 g/mol. The van der Waals surface area contributed by atoms with Gasteiger partial charge in [0.25, 0.3) is 0 Å². The second-order valence-corrected chi connectivity index (χ2v) is 4.17. The van der Waals surface area contributed by atoms with E-state index in [4.69, 9.17) is 10.8 Å². The number of nitrogens with two attached hydrogens (primary N) is 1. The molecule has 0 aliphatic carbocycles. The molecule has 0 saturated carbocycles.